The summed E-state index contributed by atoms with van der Waals surface area (Å²) in [5.74, 6) is 0.792. The molecule has 136 valence electrons. The number of ether oxygens (including phenoxy) is 1. The van der Waals surface area contributed by atoms with Crippen molar-refractivity contribution in [3.63, 3.8) is 0 Å². The number of rotatable bonds is 3. The largest absolute Gasteiger partial charge is 0.390 e. The van der Waals surface area contributed by atoms with Crippen LogP contribution in [0.2, 0.25) is 0 Å². The highest BCUT2D eigenvalue weighted by molar-refractivity contribution is 5.63. The molecule has 4 rings (SSSR count). The Kier molecular flexibility index (Phi) is 4.63. The van der Waals surface area contributed by atoms with Crippen molar-refractivity contribution in [2.75, 3.05) is 13.2 Å². The summed E-state index contributed by atoms with van der Waals surface area (Å²) in [4.78, 5) is 4.48. The zero-order valence-electron chi connectivity index (χ0n) is 14.9. The van der Waals surface area contributed by atoms with Gasteiger partial charge in [0.2, 0.25) is 0 Å². The fraction of sp³-hybridized carbons (Fsp3) is 0.409. The highest BCUT2D eigenvalue weighted by Crippen LogP contribution is 2.48. The number of aromatic nitrogens is 1. The maximum Gasteiger partial charge on any atom is 0.123 e. The van der Waals surface area contributed by atoms with E-state index >= 15 is 0 Å². The molecule has 1 saturated heterocycles. The highest BCUT2D eigenvalue weighted by Gasteiger charge is 2.49. The van der Waals surface area contributed by atoms with E-state index in [0.717, 1.165) is 42.9 Å². The number of halogens is 1. The maximum atomic E-state index is 13.4. The molecule has 1 unspecified atom stereocenters. The maximum absolute atomic E-state index is 13.4. The molecule has 3 nitrogen and oxygen atoms in total. The van der Waals surface area contributed by atoms with Crippen LogP contribution in [0, 0.1) is 23.6 Å². The molecule has 4 heteroatoms. The van der Waals surface area contributed by atoms with Crippen molar-refractivity contribution in [2.24, 2.45) is 17.8 Å². The monoisotopic (exact) mass is 353 g/mol. The second-order valence-electron chi connectivity index (χ2n) is 7.72. The van der Waals surface area contributed by atoms with E-state index in [1.54, 1.807) is 12.3 Å². The van der Waals surface area contributed by atoms with E-state index in [9.17, 15) is 9.50 Å². The molecule has 2 aliphatic rings. The number of hydrogen-bond acceptors (Lipinski definition) is 3. The van der Waals surface area contributed by atoms with Gasteiger partial charge in [-0.3, -0.25) is 4.98 Å². The molecule has 2 heterocycles. The molecule has 2 fully saturated rings. The number of fused-ring (bicyclic) bond motifs is 1. The van der Waals surface area contributed by atoms with Crippen molar-refractivity contribution in [3.05, 3.63) is 60.2 Å². The van der Waals surface area contributed by atoms with Crippen LogP contribution in [0.5, 0.6) is 0 Å². The third-order valence-electron chi connectivity index (χ3n) is 5.81. The van der Waals surface area contributed by atoms with Crippen LogP contribution in [-0.2, 0) is 4.74 Å². The fourth-order valence-corrected chi connectivity index (χ4v) is 4.52. The molecule has 26 heavy (non-hydrogen) atoms. The first-order valence-electron chi connectivity index (χ1n) is 9.23. The third-order valence-corrected chi connectivity index (χ3v) is 5.81. The van der Waals surface area contributed by atoms with E-state index in [2.05, 4.69) is 11.1 Å². The zero-order valence-corrected chi connectivity index (χ0v) is 14.9. The molecule has 1 aliphatic heterocycles. The summed E-state index contributed by atoms with van der Waals surface area (Å²) in [6.07, 6.45) is 7.66. The first-order valence-corrected chi connectivity index (χ1v) is 9.23. The van der Waals surface area contributed by atoms with Gasteiger partial charge in [-0.1, -0.05) is 24.3 Å². The first kappa shape index (κ1) is 17.4. The zero-order chi connectivity index (χ0) is 18.1. The third kappa shape index (κ3) is 3.44. The minimum atomic E-state index is -0.693. The van der Waals surface area contributed by atoms with E-state index in [1.807, 2.05) is 31.2 Å². The molecule has 1 aromatic carbocycles. The number of benzene rings is 1. The summed E-state index contributed by atoms with van der Waals surface area (Å²) in [5, 5.41) is 10.8. The Morgan fingerprint density at radius 2 is 2.15 bits per heavy atom. The Morgan fingerprint density at radius 3 is 2.92 bits per heavy atom. The van der Waals surface area contributed by atoms with E-state index in [1.165, 1.54) is 12.1 Å². The lowest BCUT2D eigenvalue weighted by Gasteiger charge is -2.29. The lowest BCUT2D eigenvalue weighted by Crippen LogP contribution is -2.31. The van der Waals surface area contributed by atoms with Gasteiger partial charge in [-0.2, -0.15) is 0 Å². The first-order chi connectivity index (χ1) is 12.5. The topological polar surface area (TPSA) is 42.4 Å². The van der Waals surface area contributed by atoms with Crippen LogP contribution in [0.3, 0.4) is 0 Å². The van der Waals surface area contributed by atoms with Gasteiger partial charge in [0.1, 0.15) is 5.82 Å². The molecule has 1 aromatic heterocycles. The molecule has 1 N–H and O–H groups in total. The standard InChI is InChI=1S/C22H24FNO2/c1-22(25)12-17-14-26-10-9-20(17)21(22)8-7-19-6-5-16(13-24-19)15-3-2-4-18(23)11-15/h2-8,11,13,17,20-21,25H,9-10,12,14H2,1H3/b8-7+/t17-,20+,21-,22?/m0/s1. The van der Waals surface area contributed by atoms with Crippen molar-refractivity contribution >= 4 is 6.08 Å². The van der Waals surface area contributed by atoms with Crippen molar-refractivity contribution in [1.29, 1.82) is 0 Å². The van der Waals surface area contributed by atoms with Crippen LogP contribution in [0.1, 0.15) is 25.5 Å². The summed E-state index contributed by atoms with van der Waals surface area (Å²) < 4.78 is 18.9. The van der Waals surface area contributed by atoms with Gasteiger partial charge in [0, 0.05) is 30.9 Å². The summed E-state index contributed by atoms with van der Waals surface area (Å²) in [5.41, 5.74) is 1.85. The average molecular weight is 353 g/mol. The van der Waals surface area contributed by atoms with Crippen LogP contribution < -0.4 is 0 Å². The van der Waals surface area contributed by atoms with E-state index in [0.29, 0.717) is 11.8 Å². The van der Waals surface area contributed by atoms with Crippen LogP contribution in [0.15, 0.2) is 48.7 Å². The Morgan fingerprint density at radius 1 is 1.27 bits per heavy atom. The quantitative estimate of drug-likeness (QED) is 0.893. The molecular weight excluding hydrogens is 329 g/mol. The van der Waals surface area contributed by atoms with Gasteiger partial charge >= 0.3 is 0 Å². The molecule has 0 radical (unpaired) electrons. The summed E-state index contributed by atoms with van der Waals surface area (Å²) in [6.45, 7) is 3.47. The SMILES string of the molecule is CC1(O)C[C@H]2COCC[C@H]2[C@@H]1/C=C/c1ccc(-c2cccc(F)c2)cn1. The Balaban J connectivity index is 1.51. The van der Waals surface area contributed by atoms with Crippen LogP contribution in [0.25, 0.3) is 17.2 Å². The average Bonchev–Trinajstić information content (AvgIpc) is 2.89. The van der Waals surface area contributed by atoms with E-state index in [4.69, 9.17) is 4.74 Å². The molecule has 1 saturated carbocycles. The highest BCUT2D eigenvalue weighted by atomic mass is 19.1. The summed E-state index contributed by atoms with van der Waals surface area (Å²) in [7, 11) is 0. The fourth-order valence-electron chi connectivity index (χ4n) is 4.52. The molecule has 1 aliphatic carbocycles. The minimum absolute atomic E-state index is 0.126. The van der Waals surface area contributed by atoms with Gasteiger partial charge in [-0.15, -0.1) is 0 Å². The van der Waals surface area contributed by atoms with Gasteiger partial charge < -0.3 is 9.84 Å². The summed E-state index contributed by atoms with van der Waals surface area (Å²) >= 11 is 0. The number of hydrogen-bond donors (Lipinski definition) is 1. The molecule has 2 aromatic rings. The van der Waals surface area contributed by atoms with Gasteiger partial charge in [-0.05, 0) is 61.4 Å². The Bertz CT molecular complexity index is 800. The summed E-state index contributed by atoms with van der Waals surface area (Å²) in [6, 6.07) is 10.4. The van der Waals surface area contributed by atoms with Gasteiger partial charge in [-0.25, -0.2) is 4.39 Å². The molecule has 0 spiro atoms. The second-order valence-corrected chi connectivity index (χ2v) is 7.72. The second kappa shape index (κ2) is 6.93. The van der Waals surface area contributed by atoms with Gasteiger partial charge in [0.05, 0.1) is 11.3 Å². The minimum Gasteiger partial charge on any atom is -0.390 e. The Labute approximate surface area is 153 Å². The van der Waals surface area contributed by atoms with Crippen LogP contribution in [-0.4, -0.2) is 28.9 Å². The van der Waals surface area contributed by atoms with Crippen molar-refractivity contribution < 1.29 is 14.2 Å². The predicted molar refractivity (Wildman–Crippen MR) is 99.8 cm³/mol. The van der Waals surface area contributed by atoms with Gasteiger partial charge in [0.25, 0.3) is 0 Å². The lowest BCUT2D eigenvalue weighted by molar-refractivity contribution is 0.0209. The van der Waals surface area contributed by atoms with E-state index < -0.39 is 5.60 Å². The molecular formula is C22H24FNO2. The molecule has 0 amide bonds. The van der Waals surface area contributed by atoms with Crippen LogP contribution in [0.4, 0.5) is 4.39 Å². The van der Waals surface area contributed by atoms with E-state index in [-0.39, 0.29) is 11.7 Å². The molecule has 4 atom stereocenters. The lowest BCUT2D eigenvalue weighted by atomic mass is 9.82. The number of nitrogens with zero attached hydrogens (tertiary/aromatic N) is 1. The van der Waals surface area contributed by atoms with Crippen molar-refractivity contribution in [2.45, 2.75) is 25.4 Å². The smallest absolute Gasteiger partial charge is 0.123 e. The predicted octanol–water partition coefficient (Wildman–Crippen LogP) is 4.32. The number of aliphatic hydroxyl groups is 1. The number of pyridine rings is 1. The Hall–Kier alpha value is -2.04. The normalized spacial score (nSPS) is 31.3. The van der Waals surface area contributed by atoms with Gasteiger partial charge in [0.15, 0.2) is 0 Å². The van der Waals surface area contributed by atoms with Crippen molar-refractivity contribution in [3.8, 4) is 11.1 Å². The molecule has 0 bridgehead atoms. The van der Waals surface area contributed by atoms with Crippen molar-refractivity contribution in [1.82, 2.24) is 4.98 Å². The van der Waals surface area contributed by atoms with Crippen LogP contribution >= 0.6 is 0 Å².